The third kappa shape index (κ3) is 3.42. The van der Waals surface area contributed by atoms with Gasteiger partial charge in [0.25, 0.3) is 0 Å². The monoisotopic (exact) mass is 320 g/mol. The number of allylic oxidation sites excluding steroid dienone is 4. The fourth-order valence-corrected chi connectivity index (χ4v) is 3.00. The van der Waals surface area contributed by atoms with Crippen molar-refractivity contribution in [1.82, 2.24) is 0 Å². The summed E-state index contributed by atoms with van der Waals surface area (Å²) >= 11 is 0. The van der Waals surface area contributed by atoms with Gasteiger partial charge in [0.1, 0.15) is 11.5 Å². The highest BCUT2D eigenvalue weighted by atomic mass is 16.3. The van der Waals surface area contributed by atoms with Crippen molar-refractivity contribution in [2.75, 3.05) is 6.61 Å². The normalized spacial score (nSPS) is 13.0. The third-order valence-electron chi connectivity index (χ3n) is 4.13. The zero-order valence-corrected chi connectivity index (χ0v) is 13.3. The first kappa shape index (κ1) is 16.1. The summed E-state index contributed by atoms with van der Waals surface area (Å²) < 4.78 is 0. The van der Waals surface area contributed by atoms with Gasteiger partial charge < -0.3 is 15.3 Å². The highest BCUT2D eigenvalue weighted by Gasteiger charge is 2.16. The lowest BCUT2D eigenvalue weighted by Crippen LogP contribution is -2.00. The van der Waals surface area contributed by atoms with Crippen LogP contribution in [0.3, 0.4) is 0 Å². The molecule has 0 aliphatic heterocycles. The average Bonchev–Trinajstić information content (AvgIpc) is 3.12. The molecule has 0 fully saturated rings. The Hall–Kier alpha value is -2.78. The molecule has 0 unspecified atom stereocenters. The molecule has 0 heterocycles. The van der Waals surface area contributed by atoms with Crippen molar-refractivity contribution >= 4 is 5.57 Å². The maximum absolute atomic E-state index is 9.59. The van der Waals surface area contributed by atoms with Crippen molar-refractivity contribution in [3.05, 3.63) is 89.0 Å². The van der Waals surface area contributed by atoms with Crippen molar-refractivity contribution in [3.63, 3.8) is 0 Å². The van der Waals surface area contributed by atoms with Crippen LogP contribution in [-0.2, 0) is 0 Å². The molecule has 3 rings (SSSR count). The molecule has 0 saturated carbocycles. The minimum Gasteiger partial charge on any atom is -0.508 e. The van der Waals surface area contributed by atoms with E-state index in [4.69, 9.17) is 0 Å². The number of phenolic OH excluding ortho intramolecular Hbond substituents is 2. The fraction of sp³-hybridized carbons (Fsp3) is 0.143. The number of rotatable bonds is 5. The number of benzene rings is 2. The standard InChI is InChI=1S/C21H20O3/c22-14-13-20(15-3-1-2-4-15)21(16-5-9-18(23)10-6-16)17-7-11-19(24)12-8-17/h1-3,5-12,22-24H,4,13-14H2. The highest BCUT2D eigenvalue weighted by molar-refractivity contribution is 5.85. The summed E-state index contributed by atoms with van der Waals surface area (Å²) in [6.07, 6.45) is 7.58. The molecule has 0 bridgehead atoms. The van der Waals surface area contributed by atoms with E-state index in [0.29, 0.717) is 6.42 Å². The molecule has 0 atom stereocenters. The number of aliphatic hydroxyl groups is 1. The Kier molecular flexibility index (Phi) is 4.82. The van der Waals surface area contributed by atoms with Crippen molar-refractivity contribution in [3.8, 4) is 11.5 Å². The molecular formula is C21H20O3. The summed E-state index contributed by atoms with van der Waals surface area (Å²) in [6.45, 7) is 0.0618. The smallest absolute Gasteiger partial charge is 0.115 e. The molecule has 2 aromatic rings. The van der Waals surface area contributed by atoms with Gasteiger partial charge in [-0.3, -0.25) is 0 Å². The number of phenols is 2. The molecule has 3 N–H and O–H groups in total. The Morgan fingerprint density at radius 2 is 1.38 bits per heavy atom. The maximum Gasteiger partial charge on any atom is 0.115 e. The van der Waals surface area contributed by atoms with Crippen LogP contribution in [0, 0.1) is 0 Å². The molecule has 1 aliphatic rings. The lowest BCUT2D eigenvalue weighted by atomic mass is 9.87. The van der Waals surface area contributed by atoms with E-state index in [1.54, 1.807) is 24.3 Å². The van der Waals surface area contributed by atoms with E-state index in [9.17, 15) is 15.3 Å². The Morgan fingerprint density at radius 1 is 0.833 bits per heavy atom. The van der Waals surface area contributed by atoms with Gasteiger partial charge >= 0.3 is 0 Å². The van der Waals surface area contributed by atoms with E-state index in [0.717, 1.165) is 28.7 Å². The summed E-state index contributed by atoms with van der Waals surface area (Å²) in [6, 6.07) is 14.1. The van der Waals surface area contributed by atoms with Crippen LogP contribution >= 0.6 is 0 Å². The second kappa shape index (κ2) is 7.20. The van der Waals surface area contributed by atoms with Gasteiger partial charge in [-0.1, -0.05) is 42.5 Å². The fourth-order valence-electron chi connectivity index (χ4n) is 3.00. The number of aromatic hydroxyl groups is 2. The van der Waals surface area contributed by atoms with Gasteiger partial charge in [-0.05, 0) is 65.0 Å². The summed E-state index contributed by atoms with van der Waals surface area (Å²) in [5.41, 5.74) is 5.21. The van der Waals surface area contributed by atoms with Crippen LogP contribution in [0.4, 0.5) is 0 Å². The molecule has 3 heteroatoms. The van der Waals surface area contributed by atoms with Gasteiger partial charge in [-0.2, -0.15) is 0 Å². The van der Waals surface area contributed by atoms with Crippen LogP contribution in [-0.4, -0.2) is 21.9 Å². The highest BCUT2D eigenvalue weighted by Crippen LogP contribution is 2.36. The Labute approximate surface area is 141 Å². The largest absolute Gasteiger partial charge is 0.508 e. The first-order valence-electron chi connectivity index (χ1n) is 7.98. The van der Waals surface area contributed by atoms with Gasteiger partial charge in [-0.15, -0.1) is 0 Å². The van der Waals surface area contributed by atoms with Crippen molar-refractivity contribution < 1.29 is 15.3 Å². The maximum atomic E-state index is 9.59. The molecule has 0 radical (unpaired) electrons. The minimum absolute atomic E-state index is 0.0618. The van der Waals surface area contributed by atoms with E-state index >= 15 is 0 Å². The number of aliphatic hydroxyl groups excluding tert-OH is 1. The van der Waals surface area contributed by atoms with Crippen LogP contribution < -0.4 is 0 Å². The Bertz CT molecular complexity index is 746. The SMILES string of the molecule is OCCC(C1=CC=CC1)=C(c1ccc(O)cc1)c1ccc(O)cc1. The van der Waals surface area contributed by atoms with Crippen LogP contribution in [0.2, 0.25) is 0 Å². The van der Waals surface area contributed by atoms with Crippen LogP contribution in [0.1, 0.15) is 24.0 Å². The molecule has 0 aromatic heterocycles. The lowest BCUT2D eigenvalue weighted by Gasteiger charge is -2.17. The van der Waals surface area contributed by atoms with Crippen molar-refractivity contribution in [2.45, 2.75) is 12.8 Å². The summed E-state index contributed by atoms with van der Waals surface area (Å²) in [5, 5.41) is 28.7. The topological polar surface area (TPSA) is 60.7 Å². The summed E-state index contributed by atoms with van der Waals surface area (Å²) in [5.74, 6) is 0.434. The van der Waals surface area contributed by atoms with Gasteiger partial charge in [0, 0.05) is 6.61 Å². The molecule has 1 aliphatic carbocycles. The third-order valence-corrected chi connectivity index (χ3v) is 4.13. The molecule has 2 aromatic carbocycles. The molecule has 122 valence electrons. The number of hydrogen-bond donors (Lipinski definition) is 3. The molecule has 0 amide bonds. The minimum atomic E-state index is 0.0618. The zero-order chi connectivity index (χ0) is 16.9. The van der Waals surface area contributed by atoms with Gasteiger partial charge in [-0.25, -0.2) is 0 Å². The summed E-state index contributed by atoms with van der Waals surface area (Å²) in [7, 11) is 0. The molecular weight excluding hydrogens is 300 g/mol. The van der Waals surface area contributed by atoms with E-state index in [2.05, 4.69) is 12.2 Å². The van der Waals surface area contributed by atoms with Crippen LogP contribution in [0.5, 0.6) is 11.5 Å². The van der Waals surface area contributed by atoms with Gasteiger partial charge in [0.05, 0.1) is 0 Å². The molecule has 0 spiro atoms. The van der Waals surface area contributed by atoms with E-state index in [1.165, 1.54) is 5.57 Å². The Balaban J connectivity index is 2.20. The van der Waals surface area contributed by atoms with Gasteiger partial charge in [0.2, 0.25) is 0 Å². The van der Waals surface area contributed by atoms with E-state index < -0.39 is 0 Å². The van der Waals surface area contributed by atoms with Crippen LogP contribution in [0.25, 0.3) is 5.57 Å². The summed E-state index contributed by atoms with van der Waals surface area (Å²) in [4.78, 5) is 0. The average molecular weight is 320 g/mol. The van der Waals surface area contributed by atoms with Crippen LogP contribution in [0.15, 0.2) is 77.9 Å². The number of hydrogen-bond acceptors (Lipinski definition) is 3. The second-order valence-electron chi connectivity index (χ2n) is 5.75. The molecule has 3 nitrogen and oxygen atoms in total. The zero-order valence-electron chi connectivity index (χ0n) is 13.3. The molecule has 0 saturated heterocycles. The second-order valence-corrected chi connectivity index (χ2v) is 5.75. The van der Waals surface area contributed by atoms with Gasteiger partial charge in [0.15, 0.2) is 0 Å². The quantitative estimate of drug-likeness (QED) is 0.775. The van der Waals surface area contributed by atoms with E-state index in [-0.39, 0.29) is 18.1 Å². The lowest BCUT2D eigenvalue weighted by molar-refractivity contribution is 0.300. The molecule has 24 heavy (non-hydrogen) atoms. The predicted molar refractivity (Wildman–Crippen MR) is 95.8 cm³/mol. The first-order chi connectivity index (χ1) is 11.7. The van der Waals surface area contributed by atoms with Crippen molar-refractivity contribution in [1.29, 1.82) is 0 Å². The van der Waals surface area contributed by atoms with E-state index in [1.807, 2.05) is 30.3 Å². The first-order valence-corrected chi connectivity index (χ1v) is 7.98. The van der Waals surface area contributed by atoms with Crippen molar-refractivity contribution in [2.24, 2.45) is 0 Å². The predicted octanol–water partition coefficient (Wildman–Crippen LogP) is 4.17. The Morgan fingerprint density at radius 3 is 1.79 bits per heavy atom.